The van der Waals surface area contributed by atoms with Crippen LogP contribution < -0.4 is 0 Å². The zero-order chi connectivity index (χ0) is 13.5. The van der Waals surface area contributed by atoms with Gasteiger partial charge in [-0.25, -0.2) is 9.78 Å². The molecule has 5 nitrogen and oxygen atoms in total. The molecule has 1 atom stereocenters. The first-order valence-electron chi connectivity index (χ1n) is 5.52. The van der Waals surface area contributed by atoms with Gasteiger partial charge in [-0.2, -0.15) is 0 Å². The fourth-order valence-electron chi connectivity index (χ4n) is 1.50. The predicted molar refractivity (Wildman–Crippen MR) is 69.4 cm³/mol. The summed E-state index contributed by atoms with van der Waals surface area (Å²) in [6.07, 6.45) is 2.70. The van der Waals surface area contributed by atoms with E-state index in [1.54, 1.807) is 17.0 Å². The molecule has 0 radical (unpaired) electrons. The molecule has 1 aromatic heterocycles. The lowest BCUT2D eigenvalue weighted by atomic mass is 10.1. The normalized spacial score (nSPS) is 11.8. The molecule has 1 rings (SSSR count). The van der Waals surface area contributed by atoms with Crippen LogP contribution >= 0.6 is 11.3 Å². The number of aromatic nitrogens is 1. The Balaban J connectivity index is 2.69. The maximum Gasteiger partial charge on any atom is 0.326 e. The van der Waals surface area contributed by atoms with Crippen molar-refractivity contribution in [1.29, 1.82) is 0 Å². The lowest BCUT2D eigenvalue weighted by Gasteiger charge is -2.24. The zero-order valence-electron chi connectivity index (χ0n) is 10.2. The summed E-state index contributed by atoms with van der Waals surface area (Å²) in [5, 5.41) is 11.0. The first kappa shape index (κ1) is 14.4. The number of hydrogen-bond acceptors (Lipinski definition) is 4. The number of aliphatic carboxylic acids is 1. The number of hydrogen-bond donors (Lipinski definition) is 1. The van der Waals surface area contributed by atoms with Crippen LogP contribution in [0.3, 0.4) is 0 Å². The van der Waals surface area contributed by atoms with E-state index in [1.165, 1.54) is 23.3 Å². The number of rotatable bonds is 7. The second-order valence-electron chi connectivity index (χ2n) is 3.87. The average Bonchev–Trinajstić information content (AvgIpc) is 2.84. The molecule has 0 aliphatic carbocycles. The molecule has 0 aliphatic rings. The van der Waals surface area contributed by atoms with Gasteiger partial charge >= 0.3 is 5.97 Å². The molecule has 1 N–H and O–H groups in total. The Kier molecular flexibility index (Phi) is 5.51. The van der Waals surface area contributed by atoms with Crippen molar-refractivity contribution in [2.24, 2.45) is 0 Å². The van der Waals surface area contributed by atoms with Gasteiger partial charge in [-0.3, -0.25) is 4.79 Å². The topological polar surface area (TPSA) is 70.5 Å². The van der Waals surface area contributed by atoms with Gasteiger partial charge in [0.05, 0.1) is 11.2 Å². The summed E-state index contributed by atoms with van der Waals surface area (Å²) in [5.74, 6) is -1.21. The second-order valence-corrected chi connectivity index (χ2v) is 4.59. The Bertz CT molecular complexity index is 417. The van der Waals surface area contributed by atoms with E-state index in [0.29, 0.717) is 12.1 Å². The number of carboxylic acids is 1. The molecule has 98 valence electrons. The molecule has 0 bridgehead atoms. The first-order chi connectivity index (χ1) is 8.56. The SMILES string of the molecule is C=CCCC(=O)N(C)[C@@H](Cc1cscn1)C(=O)O. The Morgan fingerprint density at radius 2 is 2.39 bits per heavy atom. The zero-order valence-corrected chi connectivity index (χ0v) is 11.0. The van der Waals surface area contributed by atoms with Gasteiger partial charge in [0.25, 0.3) is 0 Å². The van der Waals surface area contributed by atoms with E-state index in [0.717, 1.165) is 0 Å². The van der Waals surface area contributed by atoms with E-state index in [2.05, 4.69) is 11.6 Å². The molecule has 0 fully saturated rings. The average molecular weight is 268 g/mol. The van der Waals surface area contributed by atoms with Gasteiger partial charge in [-0.15, -0.1) is 17.9 Å². The van der Waals surface area contributed by atoms with E-state index >= 15 is 0 Å². The van der Waals surface area contributed by atoms with Crippen LogP contribution in [0.15, 0.2) is 23.5 Å². The lowest BCUT2D eigenvalue weighted by Crippen LogP contribution is -2.43. The van der Waals surface area contributed by atoms with Crippen LogP contribution in [0.5, 0.6) is 0 Å². The van der Waals surface area contributed by atoms with Crippen LogP contribution in [0.25, 0.3) is 0 Å². The van der Waals surface area contributed by atoms with Gasteiger partial charge in [0, 0.05) is 25.3 Å². The molecule has 18 heavy (non-hydrogen) atoms. The number of amides is 1. The van der Waals surface area contributed by atoms with Gasteiger partial charge in [0.2, 0.25) is 5.91 Å². The van der Waals surface area contributed by atoms with Crippen LogP contribution in [0.1, 0.15) is 18.5 Å². The molecule has 0 aromatic carbocycles. The molecule has 0 saturated heterocycles. The summed E-state index contributed by atoms with van der Waals surface area (Å²) in [6.45, 7) is 3.54. The van der Waals surface area contributed by atoms with Gasteiger partial charge < -0.3 is 10.0 Å². The van der Waals surface area contributed by atoms with E-state index < -0.39 is 12.0 Å². The molecule has 6 heteroatoms. The standard InChI is InChI=1S/C12H16N2O3S/c1-3-4-5-11(15)14(2)10(12(16)17)6-9-7-18-8-13-9/h3,7-8,10H,1,4-6H2,2H3,(H,16,17)/t10-/m0/s1. The minimum atomic E-state index is -1.02. The maximum atomic E-state index is 11.8. The number of allylic oxidation sites excluding steroid dienone is 1. The number of nitrogens with zero attached hydrogens (tertiary/aromatic N) is 2. The number of carboxylic acid groups (broad SMARTS) is 1. The van der Waals surface area contributed by atoms with Crippen LogP contribution in [-0.2, 0) is 16.0 Å². The highest BCUT2D eigenvalue weighted by atomic mass is 32.1. The van der Waals surface area contributed by atoms with E-state index in [9.17, 15) is 14.7 Å². The number of thiazole rings is 1. The van der Waals surface area contributed by atoms with Crippen molar-refractivity contribution in [3.63, 3.8) is 0 Å². The molecule has 0 unspecified atom stereocenters. The molecule has 1 amide bonds. The van der Waals surface area contributed by atoms with Gasteiger partial charge in [-0.1, -0.05) is 6.08 Å². The summed E-state index contributed by atoms with van der Waals surface area (Å²) in [4.78, 5) is 28.3. The molecule has 0 spiro atoms. The third-order valence-electron chi connectivity index (χ3n) is 2.59. The first-order valence-corrected chi connectivity index (χ1v) is 6.47. The largest absolute Gasteiger partial charge is 0.480 e. The van der Waals surface area contributed by atoms with Crippen molar-refractivity contribution in [3.05, 3.63) is 29.2 Å². The summed E-state index contributed by atoms with van der Waals surface area (Å²) in [5.41, 5.74) is 2.34. The molecule has 0 aliphatic heterocycles. The van der Waals surface area contributed by atoms with Crippen molar-refractivity contribution in [1.82, 2.24) is 9.88 Å². The highest BCUT2D eigenvalue weighted by molar-refractivity contribution is 7.07. The van der Waals surface area contributed by atoms with Crippen LogP contribution in [0, 0.1) is 0 Å². The summed E-state index contributed by atoms with van der Waals surface area (Å²) >= 11 is 1.41. The second kappa shape index (κ2) is 6.90. The summed E-state index contributed by atoms with van der Waals surface area (Å²) < 4.78 is 0. The lowest BCUT2D eigenvalue weighted by molar-refractivity contribution is -0.149. The Morgan fingerprint density at radius 3 is 2.89 bits per heavy atom. The van der Waals surface area contributed by atoms with E-state index in [1.807, 2.05) is 0 Å². The molecular weight excluding hydrogens is 252 g/mol. The number of carbonyl (C=O) groups excluding carboxylic acids is 1. The fourth-order valence-corrected chi connectivity index (χ4v) is 2.07. The Hall–Kier alpha value is -1.69. The molecule has 0 saturated carbocycles. The van der Waals surface area contributed by atoms with Crippen molar-refractivity contribution in [2.75, 3.05) is 7.05 Å². The van der Waals surface area contributed by atoms with E-state index in [4.69, 9.17) is 0 Å². The molecule has 1 aromatic rings. The van der Waals surface area contributed by atoms with Gasteiger partial charge in [-0.05, 0) is 6.42 Å². The van der Waals surface area contributed by atoms with Gasteiger partial charge in [0.15, 0.2) is 0 Å². The monoisotopic (exact) mass is 268 g/mol. The van der Waals surface area contributed by atoms with Crippen LogP contribution in [0.2, 0.25) is 0 Å². The third kappa shape index (κ3) is 3.96. The van der Waals surface area contributed by atoms with Crippen molar-refractivity contribution >= 4 is 23.2 Å². The summed E-state index contributed by atoms with van der Waals surface area (Å²) in [6, 6.07) is -0.871. The number of likely N-dealkylation sites (N-methyl/N-ethyl adjacent to an activating group) is 1. The van der Waals surface area contributed by atoms with Crippen LogP contribution in [0.4, 0.5) is 0 Å². The summed E-state index contributed by atoms with van der Waals surface area (Å²) in [7, 11) is 1.51. The fraction of sp³-hybridized carbons (Fsp3) is 0.417. The molecule has 1 heterocycles. The van der Waals surface area contributed by atoms with Crippen molar-refractivity contribution in [3.8, 4) is 0 Å². The highest BCUT2D eigenvalue weighted by Crippen LogP contribution is 2.10. The highest BCUT2D eigenvalue weighted by Gasteiger charge is 2.26. The minimum Gasteiger partial charge on any atom is -0.480 e. The van der Waals surface area contributed by atoms with Gasteiger partial charge in [0.1, 0.15) is 6.04 Å². The molecular formula is C12H16N2O3S. The van der Waals surface area contributed by atoms with Crippen molar-refractivity contribution < 1.29 is 14.7 Å². The predicted octanol–water partition coefficient (Wildman–Crippen LogP) is 1.56. The van der Waals surface area contributed by atoms with Crippen LogP contribution in [-0.4, -0.2) is 40.0 Å². The minimum absolute atomic E-state index is 0.197. The maximum absolute atomic E-state index is 11.8. The number of carbonyl (C=O) groups is 2. The third-order valence-corrected chi connectivity index (χ3v) is 3.23. The quantitative estimate of drug-likeness (QED) is 0.762. The van der Waals surface area contributed by atoms with Crippen molar-refractivity contribution in [2.45, 2.75) is 25.3 Å². The Labute approximate surface area is 110 Å². The smallest absolute Gasteiger partial charge is 0.326 e. The Morgan fingerprint density at radius 1 is 1.67 bits per heavy atom. The van der Waals surface area contributed by atoms with E-state index in [-0.39, 0.29) is 18.7 Å².